The highest BCUT2D eigenvalue weighted by Gasteiger charge is 2.23. The molecule has 2 heterocycles. The molecule has 0 saturated carbocycles. The van der Waals surface area contributed by atoms with Crippen molar-refractivity contribution in [2.75, 3.05) is 13.1 Å². The number of esters is 1. The van der Waals surface area contributed by atoms with Gasteiger partial charge in [-0.25, -0.2) is 0 Å². The summed E-state index contributed by atoms with van der Waals surface area (Å²) in [5.74, 6) is -0.958. The molecule has 1 unspecified atom stereocenters. The van der Waals surface area contributed by atoms with Crippen LogP contribution in [0.15, 0.2) is 0 Å². The minimum atomic E-state index is -0.385. The Hall–Kier alpha value is -1.89. The Balaban J connectivity index is 1.90. The van der Waals surface area contributed by atoms with Crippen LogP contribution in [0.2, 0.25) is 0 Å². The Morgan fingerprint density at radius 1 is 1.38 bits per heavy atom. The summed E-state index contributed by atoms with van der Waals surface area (Å²) in [6, 6.07) is 0. The lowest BCUT2D eigenvalue weighted by Gasteiger charge is -2.15. The third-order valence-electron chi connectivity index (χ3n) is 3.34. The zero-order valence-corrected chi connectivity index (χ0v) is 12.7. The Bertz CT molecular complexity index is 524. The highest BCUT2D eigenvalue weighted by molar-refractivity contribution is 5.94. The maximum Gasteiger partial charge on any atom is 0.310 e. The van der Waals surface area contributed by atoms with Crippen LogP contribution in [0.5, 0.6) is 0 Å². The van der Waals surface area contributed by atoms with Gasteiger partial charge in [0.2, 0.25) is 0 Å². The number of rotatable bonds is 5. The fraction of sp³-hybridized carbons (Fsp3) is 0.643. The number of ether oxygens (including phenoxy) is 1. The molecule has 0 fully saturated rings. The van der Waals surface area contributed by atoms with Crippen molar-refractivity contribution in [1.29, 1.82) is 0 Å². The number of fused-ring (bicyclic) bond motifs is 1. The van der Waals surface area contributed by atoms with Gasteiger partial charge < -0.3 is 15.4 Å². The average Bonchev–Trinajstić information content (AvgIpc) is 2.87. The summed E-state index contributed by atoms with van der Waals surface area (Å²) in [5, 5.41) is 12.9. The van der Waals surface area contributed by atoms with E-state index in [9.17, 15) is 9.59 Å². The van der Waals surface area contributed by atoms with E-state index >= 15 is 0 Å². The van der Waals surface area contributed by atoms with E-state index in [2.05, 4.69) is 20.8 Å². The largest absolute Gasteiger partial charge is 0.463 e. The number of hydrogen-bond donors (Lipinski definition) is 3. The van der Waals surface area contributed by atoms with Crippen molar-refractivity contribution in [2.24, 2.45) is 5.92 Å². The van der Waals surface area contributed by atoms with Crippen LogP contribution >= 0.6 is 0 Å². The summed E-state index contributed by atoms with van der Waals surface area (Å²) in [6.07, 6.45) is 0.687. The number of aromatic amines is 1. The van der Waals surface area contributed by atoms with E-state index in [1.807, 2.05) is 0 Å². The molecule has 1 amide bonds. The quantitative estimate of drug-likeness (QED) is 0.682. The molecule has 1 aromatic heterocycles. The summed E-state index contributed by atoms with van der Waals surface area (Å²) >= 11 is 0. The van der Waals surface area contributed by atoms with Crippen LogP contribution in [-0.4, -0.2) is 41.3 Å². The number of nitrogens with zero attached hydrogens (tertiary/aromatic N) is 1. The maximum absolute atomic E-state index is 12.2. The molecule has 0 bridgehead atoms. The van der Waals surface area contributed by atoms with Gasteiger partial charge in [-0.15, -0.1) is 0 Å². The van der Waals surface area contributed by atoms with E-state index in [1.54, 1.807) is 20.8 Å². The lowest BCUT2D eigenvalue weighted by Crippen LogP contribution is -2.34. The van der Waals surface area contributed by atoms with E-state index in [0.717, 1.165) is 24.2 Å². The monoisotopic (exact) mass is 294 g/mol. The van der Waals surface area contributed by atoms with Gasteiger partial charge in [0.1, 0.15) is 0 Å². The number of carbonyl (C=O) groups is 2. The number of carbonyl (C=O) groups excluding carboxylic acids is 2. The predicted molar refractivity (Wildman–Crippen MR) is 76.7 cm³/mol. The second-order valence-electron chi connectivity index (χ2n) is 5.55. The Morgan fingerprint density at radius 3 is 2.86 bits per heavy atom. The predicted octanol–water partition coefficient (Wildman–Crippen LogP) is 0.373. The van der Waals surface area contributed by atoms with Crippen LogP contribution in [0.1, 0.15) is 42.5 Å². The number of aromatic nitrogens is 2. The first kappa shape index (κ1) is 15.5. The van der Waals surface area contributed by atoms with Crippen molar-refractivity contribution in [3.63, 3.8) is 0 Å². The van der Waals surface area contributed by atoms with Gasteiger partial charge in [-0.05, 0) is 13.8 Å². The molecule has 3 N–H and O–H groups in total. The summed E-state index contributed by atoms with van der Waals surface area (Å²) in [5.41, 5.74) is 2.32. The molecule has 0 aliphatic carbocycles. The minimum absolute atomic E-state index is 0.153. The number of amides is 1. The van der Waals surface area contributed by atoms with Crippen LogP contribution < -0.4 is 10.6 Å². The standard InChI is InChI=1S/C14H22N4O3/c1-8(2)21-14(20)9(3)6-16-13(19)12-10-7-15-5-4-11(10)17-18-12/h8-9,15H,4-7H2,1-3H3,(H,16,19)(H,17,18). The molecule has 2 rings (SSSR count). The van der Waals surface area contributed by atoms with E-state index in [-0.39, 0.29) is 30.4 Å². The van der Waals surface area contributed by atoms with E-state index in [1.165, 1.54) is 0 Å². The molecule has 1 aliphatic heterocycles. The van der Waals surface area contributed by atoms with Crippen LogP contribution in [-0.2, 0) is 22.5 Å². The molecule has 0 spiro atoms. The van der Waals surface area contributed by atoms with Crippen LogP contribution in [0.4, 0.5) is 0 Å². The van der Waals surface area contributed by atoms with Gasteiger partial charge in [-0.3, -0.25) is 14.7 Å². The topological polar surface area (TPSA) is 96.1 Å². The minimum Gasteiger partial charge on any atom is -0.463 e. The van der Waals surface area contributed by atoms with Crippen molar-refractivity contribution in [3.05, 3.63) is 17.0 Å². The van der Waals surface area contributed by atoms with Crippen molar-refractivity contribution in [3.8, 4) is 0 Å². The van der Waals surface area contributed by atoms with Gasteiger partial charge in [0.15, 0.2) is 5.69 Å². The fourth-order valence-corrected chi connectivity index (χ4v) is 2.17. The van der Waals surface area contributed by atoms with Crippen molar-refractivity contribution in [1.82, 2.24) is 20.8 Å². The molecule has 0 radical (unpaired) electrons. The fourth-order valence-electron chi connectivity index (χ4n) is 2.17. The number of nitrogens with one attached hydrogen (secondary N) is 3. The second kappa shape index (κ2) is 6.71. The molecule has 7 heteroatoms. The summed E-state index contributed by atoms with van der Waals surface area (Å²) in [6.45, 7) is 7.08. The summed E-state index contributed by atoms with van der Waals surface area (Å²) in [7, 11) is 0. The summed E-state index contributed by atoms with van der Waals surface area (Å²) < 4.78 is 5.10. The normalized spacial score (nSPS) is 15.4. The van der Waals surface area contributed by atoms with Gasteiger partial charge in [0.25, 0.3) is 5.91 Å². The number of H-pyrrole nitrogens is 1. The highest BCUT2D eigenvalue weighted by Crippen LogP contribution is 2.15. The molecule has 21 heavy (non-hydrogen) atoms. The zero-order chi connectivity index (χ0) is 15.4. The Kier molecular flexibility index (Phi) is 4.95. The molecular weight excluding hydrogens is 272 g/mol. The van der Waals surface area contributed by atoms with Crippen molar-refractivity contribution < 1.29 is 14.3 Å². The summed E-state index contributed by atoms with van der Waals surface area (Å²) in [4.78, 5) is 23.8. The lowest BCUT2D eigenvalue weighted by molar-refractivity contribution is -0.151. The molecule has 7 nitrogen and oxygen atoms in total. The molecular formula is C14H22N4O3. The third kappa shape index (κ3) is 3.81. The van der Waals surface area contributed by atoms with Gasteiger partial charge in [-0.1, -0.05) is 6.92 Å². The lowest BCUT2D eigenvalue weighted by atomic mass is 10.1. The van der Waals surface area contributed by atoms with E-state index in [4.69, 9.17) is 4.74 Å². The van der Waals surface area contributed by atoms with E-state index < -0.39 is 0 Å². The first-order chi connectivity index (χ1) is 9.99. The maximum atomic E-state index is 12.2. The third-order valence-corrected chi connectivity index (χ3v) is 3.34. The molecule has 1 aromatic rings. The van der Waals surface area contributed by atoms with Gasteiger partial charge in [0, 0.05) is 37.3 Å². The number of hydrogen-bond acceptors (Lipinski definition) is 5. The van der Waals surface area contributed by atoms with E-state index in [0.29, 0.717) is 12.2 Å². The van der Waals surface area contributed by atoms with Gasteiger partial charge in [0.05, 0.1) is 12.0 Å². The molecule has 0 aromatic carbocycles. The zero-order valence-electron chi connectivity index (χ0n) is 12.7. The molecule has 0 saturated heterocycles. The van der Waals surface area contributed by atoms with Crippen molar-refractivity contribution in [2.45, 2.75) is 39.8 Å². The Morgan fingerprint density at radius 2 is 2.14 bits per heavy atom. The Labute approximate surface area is 123 Å². The smallest absolute Gasteiger partial charge is 0.310 e. The second-order valence-corrected chi connectivity index (χ2v) is 5.55. The van der Waals surface area contributed by atoms with Gasteiger partial charge >= 0.3 is 5.97 Å². The van der Waals surface area contributed by atoms with Crippen LogP contribution in [0, 0.1) is 5.92 Å². The van der Waals surface area contributed by atoms with Crippen molar-refractivity contribution >= 4 is 11.9 Å². The molecule has 1 aliphatic rings. The van der Waals surface area contributed by atoms with Gasteiger partial charge in [-0.2, -0.15) is 5.10 Å². The average molecular weight is 294 g/mol. The molecule has 116 valence electrons. The van der Waals surface area contributed by atoms with Crippen LogP contribution in [0.3, 0.4) is 0 Å². The highest BCUT2D eigenvalue weighted by atomic mass is 16.5. The SMILES string of the molecule is CC(C)OC(=O)C(C)CNC(=O)c1n[nH]c2c1CNCC2. The van der Waals surface area contributed by atoms with Crippen LogP contribution in [0.25, 0.3) is 0 Å². The first-order valence-electron chi connectivity index (χ1n) is 7.24. The molecule has 1 atom stereocenters. The first-order valence-corrected chi connectivity index (χ1v) is 7.24.